The molecule has 1 fully saturated rings. The number of hydrogen-bond donors (Lipinski definition) is 3. The van der Waals surface area contributed by atoms with E-state index in [9.17, 15) is 15.3 Å². The zero-order valence-electron chi connectivity index (χ0n) is 20.2. The van der Waals surface area contributed by atoms with Gasteiger partial charge in [0.15, 0.2) is 0 Å². The van der Waals surface area contributed by atoms with Crippen LogP contribution in [0.4, 0.5) is 0 Å². The maximum atomic E-state index is 10.4. The minimum absolute atomic E-state index is 0.0784. The second-order valence-corrected chi connectivity index (χ2v) is 11.4. The van der Waals surface area contributed by atoms with Crippen LogP contribution in [0.2, 0.25) is 0 Å². The summed E-state index contributed by atoms with van der Waals surface area (Å²) >= 11 is 0. The molecule has 4 heteroatoms. The third-order valence-electron chi connectivity index (χ3n) is 6.58. The van der Waals surface area contributed by atoms with Crippen LogP contribution in [0.3, 0.4) is 0 Å². The van der Waals surface area contributed by atoms with Crippen LogP contribution >= 0.6 is 0 Å². The SMILES string of the molecule is Cc1cc(C(C)(C)C)c(C(OC2CCCCC2)C(CO)(CO)CO)c(C(C)(C)C)c1. The summed E-state index contributed by atoms with van der Waals surface area (Å²) in [6.45, 7) is 14.2. The van der Waals surface area contributed by atoms with E-state index in [4.69, 9.17) is 4.74 Å². The normalized spacial score (nSPS) is 17.9. The van der Waals surface area contributed by atoms with Gasteiger partial charge in [-0.05, 0) is 47.3 Å². The third-order valence-corrected chi connectivity index (χ3v) is 6.58. The van der Waals surface area contributed by atoms with Crippen LogP contribution in [0.1, 0.15) is 102 Å². The summed E-state index contributed by atoms with van der Waals surface area (Å²) < 4.78 is 6.75. The first kappa shape index (κ1) is 25.3. The first-order valence-corrected chi connectivity index (χ1v) is 11.5. The van der Waals surface area contributed by atoms with Crippen LogP contribution in [0.5, 0.6) is 0 Å². The topological polar surface area (TPSA) is 69.9 Å². The molecule has 4 nitrogen and oxygen atoms in total. The number of aliphatic hydroxyl groups is 3. The fourth-order valence-electron chi connectivity index (χ4n) is 4.63. The second-order valence-electron chi connectivity index (χ2n) is 11.4. The smallest absolute Gasteiger partial charge is 0.0956 e. The second kappa shape index (κ2) is 9.68. The average Bonchev–Trinajstić information content (AvgIpc) is 2.68. The van der Waals surface area contributed by atoms with Gasteiger partial charge in [-0.15, -0.1) is 0 Å². The van der Waals surface area contributed by atoms with E-state index in [-0.39, 0.29) is 36.8 Å². The zero-order valence-corrected chi connectivity index (χ0v) is 20.2. The van der Waals surface area contributed by atoms with Gasteiger partial charge >= 0.3 is 0 Å². The lowest BCUT2D eigenvalue weighted by Gasteiger charge is -2.44. The minimum atomic E-state index is -1.15. The Bertz CT molecular complexity index is 643. The lowest BCUT2D eigenvalue weighted by atomic mass is 9.69. The quantitative estimate of drug-likeness (QED) is 0.584. The van der Waals surface area contributed by atoms with Crippen LogP contribution in [0.15, 0.2) is 12.1 Å². The molecule has 1 saturated carbocycles. The lowest BCUT2D eigenvalue weighted by molar-refractivity contribution is -0.147. The Kier molecular flexibility index (Phi) is 8.17. The summed E-state index contributed by atoms with van der Waals surface area (Å²) in [6.07, 6.45) is 4.95. The van der Waals surface area contributed by atoms with Gasteiger partial charge in [-0.1, -0.05) is 78.5 Å². The van der Waals surface area contributed by atoms with Crippen molar-refractivity contribution >= 4 is 0 Å². The van der Waals surface area contributed by atoms with Crippen molar-refractivity contribution in [3.63, 3.8) is 0 Å². The van der Waals surface area contributed by atoms with E-state index in [0.29, 0.717) is 0 Å². The molecular weight excluding hydrogens is 376 g/mol. The van der Waals surface area contributed by atoms with Gasteiger partial charge in [-0.2, -0.15) is 0 Å². The van der Waals surface area contributed by atoms with Crippen molar-refractivity contribution < 1.29 is 20.1 Å². The molecule has 1 aromatic rings. The first-order chi connectivity index (χ1) is 13.9. The molecule has 0 heterocycles. The molecule has 0 spiro atoms. The van der Waals surface area contributed by atoms with E-state index in [1.54, 1.807) is 0 Å². The highest BCUT2D eigenvalue weighted by atomic mass is 16.5. The number of aryl methyl sites for hydroxylation is 1. The molecule has 30 heavy (non-hydrogen) atoms. The Morgan fingerprint density at radius 3 is 1.63 bits per heavy atom. The van der Waals surface area contributed by atoms with Crippen LogP contribution in [-0.4, -0.2) is 41.2 Å². The summed E-state index contributed by atoms with van der Waals surface area (Å²) in [4.78, 5) is 0. The third kappa shape index (κ3) is 5.45. The molecular formula is C26H44O4. The molecule has 0 amide bonds. The molecule has 1 unspecified atom stereocenters. The summed E-state index contributed by atoms with van der Waals surface area (Å²) in [6, 6.07) is 4.41. The average molecular weight is 421 g/mol. The van der Waals surface area contributed by atoms with Gasteiger partial charge < -0.3 is 20.1 Å². The Balaban J connectivity index is 2.80. The lowest BCUT2D eigenvalue weighted by Crippen LogP contribution is -2.44. The van der Waals surface area contributed by atoms with E-state index in [1.165, 1.54) is 12.0 Å². The van der Waals surface area contributed by atoms with Crippen LogP contribution in [0.25, 0.3) is 0 Å². The summed E-state index contributed by atoms with van der Waals surface area (Å²) in [7, 11) is 0. The number of benzene rings is 1. The molecule has 1 aliphatic rings. The zero-order chi connectivity index (χ0) is 22.7. The van der Waals surface area contributed by atoms with Crippen LogP contribution in [0, 0.1) is 12.3 Å². The van der Waals surface area contributed by atoms with E-state index in [1.807, 2.05) is 0 Å². The van der Waals surface area contributed by atoms with Crippen molar-refractivity contribution in [2.24, 2.45) is 5.41 Å². The highest BCUT2D eigenvalue weighted by Gasteiger charge is 2.45. The van der Waals surface area contributed by atoms with E-state index in [2.05, 4.69) is 60.6 Å². The van der Waals surface area contributed by atoms with Gasteiger partial charge in [-0.25, -0.2) is 0 Å². The highest BCUT2D eigenvalue weighted by molar-refractivity contribution is 5.47. The molecule has 2 rings (SSSR count). The predicted molar refractivity (Wildman–Crippen MR) is 123 cm³/mol. The predicted octanol–water partition coefficient (Wildman–Crippen LogP) is 4.94. The largest absolute Gasteiger partial charge is 0.395 e. The molecule has 1 aliphatic carbocycles. The van der Waals surface area contributed by atoms with Crippen molar-refractivity contribution in [1.29, 1.82) is 0 Å². The number of aliphatic hydroxyl groups excluding tert-OH is 3. The molecule has 0 bridgehead atoms. The Labute approximate surface area is 183 Å². The number of ether oxygens (including phenoxy) is 1. The molecule has 1 atom stereocenters. The minimum Gasteiger partial charge on any atom is -0.395 e. The molecule has 1 aromatic carbocycles. The highest BCUT2D eigenvalue weighted by Crippen LogP contribution is 2.47. The molecule has 0 radical (unpaired) electrons. The fourth-order valence-corrected chi connectivity index (χ4v) is 4.63. The van der Waals surface area contributed by atoms with E-state index >= 15 is 0 Å². The molecule has 3 N–H and O–H groups in total. The van der Waals surface area contributed by atoms with Crippen LogP contribution in [-0.2, 0) is 15.6 Å². The van der Waals surface area contributed by atoms with Gasteiger partial charge in [0, 0.05) is 0 Å². The van der Waals surface area contributed by atoms with Gasteiger partial charge in [0.1, 0.15) is 0 Å². The van der Waals surface area contributed by atoms with Crippen molar-refractivity contribution in [2.75, 3.05) is 19.8 Å². The summed E-state index contributed by atoms with van der Waals surface area (Å²) in [5.41, 5.74) is 3.09. The van der Waals surface area contributed by atoms with E-state index < -0.39 is 11.5 Å². The first-order valence-electron chi connectivity index (χ1n) is 11.5. The fraction of sp³-hybridized carbons (Fsp3) is 0.769. The van der Waals surface area contributed by atoms with Crippen molar-refractivity contribution in [3.8, 4) is 0 Å². The number of hydrogen-bond acceptors (Lipinski definition) is 4. The summed E-state index contributed by atoms with van der Waals surface area (Å²) in [5, 5.41) is 31.1. The monoisotopic (exact) mass is 420 g/mol. The van der Waals surface area contributed by atoms with Crippen molar-refractivity contribution in [3.05, 3.63) is 34.4 Å². The maximum Gasteiger partial charge on any atom is 0.0956 e. The van der Waals surface area contributed by atoms with Crippen molar-refractivity contribution in [2.45, 2.75) is 104 Å². The van der Waals surface area contributed by atoms with Gasteiger partial charge in [0.2, 0.25) is 0 Å². The standard InChI is InChI=1S/C26H44O4/c1-18-13-20(24(2,3)4)22(21(14-18)25(5,6)7)23(26(15-27,16-28)17-29)30-19-11-9-8-10-12-19/h13-14,19,23,27-29H,8-12,15-17H2,1-7H3. The summed E-state index contributed by atoms with van der Waals surface area (Å²) in [5.74, 6) is 0. The van der Waals surface area contributed by atoms with Crippen LogP contribution < -0.4 is 0 Å². The molecule has 172 valence electrons. The Morgan fingerprint density at radius 2 is 1.27 bits per heavy atom. The van der Waals surface area contributed by atoms with Crippen molar-refractivity contribution in [1.82, 2.24) is 0 Å². The number of rotatable bonds is 7. The van der Waals surface area contributed by atoms with E-state index in [0.717, 1.165) is 42.4 Å². The Morgan fingerprint density at radius 1 is 0.833 bits per heavy atom. The Hall–Kier alpha value is -0.940. The van der Waals surface area contributed by atoms with Gasteiger partial charge in [0.05, 0.1) is 37.4 Å². The maximum absolute atomic E-state index is 10.4. The molecule has 0 aliphatic heterocycles. The molecule has 0 saturated heterocycles. The van der Waals surface area contributed by atoms with Gasteiger partial charge in [-0.3, -0.25) is 0 Å². The molecule has 0 aromatic heterocycles. The van der Waals surface area contributed by atoms with Gasteiger partial charge in [0.25, 0.3) is 0 Å².